The monoisotopic (exact) mass is 457 g/mol. The lowest BCUT2D eigenvalue weighted by atomic mass is 10.1. The topological polar surface area (TPSA) is 61.9 Å². The van der Waals surface area contributed by atoms with E-state index in [0.717, 1.165) is 35.3 Å². The molecule has 0 aliphatic heterocycles. The molecule has 1 aliphatic carbocycles. The lowest BCUT2D eigenvalue weighted by Crippen LogP contribution is -2.31. The van der Waals surface area contributed by atoms with Gasteiger partial charge in [-0.15, -0.1) is 0 Å². The Bertz CT molecular complexity index is 1140. The number of anilines is 2. The molecule has 0 heterocycles. The standard InChI is InChI=1S/C28H31N3O3/c1-30(2)26-16-13-24(29-27(32)21-9-10-21)17-23(26)19-31(18-20-7-5-4-6-8-20)28(33)22-11-14-25(34-3)15-12-22/h4-8,11-17,21H,9-10,18-19H2,1-3H3,(H,29,32). The van der Waals surface area contributed by atoms with Gasteiger partial charge in [-0.05, 0) is 66.4 Å². The molecule has 4 rings (SSSR count). The summed E-state index contributed by atoms with van der Waals surface area (Å²) in [7, 11) is 5.57. The number of hydrogen-bond acceptors (Lipinski definition) is 4. The summed E-state index contributed by atoms with van der Waals surface area (Å²) < 4.78 is 5.24. The fourth-order valence-electron chi connectivity index (χ4n) is 3.94. The summed E-state index contributed by atoms with van der Waals surface area (Å²) in [6.45, 7) is 0.873. The van der Waals surface area contributed by atoms with Crippen LogP contribution < -0.4 is 15.0 Å². The van der Waals surface area contributed by atoms with Crippen molar-refractivity contribution in [2.24, 2.45) is 5.92 Å². The molecule has 6 nitrogen and oxygen atoms in total. The zero-order chi connectivity index (χ0) is 24.1. The van der Waals surface area contributed by atoms with E-state index in [1.54, 1.807) is 31.4 Å². The third-order valence-corrected chi connectivity index (χ3v) is 5.98. The molecule has 0 unspecified atom stereocenters. The molecule has 0 saturated heterocycles. The number of amides is 2. The lowest BCUT2D eigenvalue weighted by molar-refractivity contribution is -0.117. The summed E-state index contributed by atoms with van der Waals surface area (Å²) in [6.07, 6.45) is 1.91. The second-order valence-electron chi connectivity index (χ2n) is 8.88. The van der Waals surface area contributed by atoms with Crippen LogP contribution in [0.5, 0.6) is 5.75 Å². The van der Waals surface area contributed by atoms with Gasteiger partial charge in [-0.1, -0.05) is 30.3 Å². The van der Waals surface area contributed by atoms with Crippen molar-refractivity contribution >= 4 is 23.2 Å². The first kappa shape index (κ1) is 23.4. The van der Waals surface area contributed by atoms with Crippen molar-refractivity contribution in [2.45, 2.75) is 25.9 Å². The van der Waals surface area contributed by atoms with Crippen LogP contribution in [0.15, 0.2) is 72.8 Å². The maximum Gasteiger partial charge on any atom is 0.254 e. The van der Waals surface area contributed by atoms with Crippen LogP contribution in [0, 0.1) is 5.92 Å². The van der Waals surface area contributed by atoms with Gasteiger partial charge in [0.15, 0.2) is 0 Å². The van der Waals surface area contributed by atoms with Crippen molar-refractivity contribution in [1.29, 1.82) is 0 Å². The molecule has 6 heteroatoms. The third-order valence-electron chi connectivity index (χ3n) is 5.98. The molecule has 0 radical (unpaired) electrons. The van der Waals surface area contributed by atoms with Crippen molar-refractivity contribution < 1.29 is 14.3 Å². The van der Waals surface area contributed by atoms with Crippen LogP contribution in [-0.4, -0.2) is 37.9 Å². The minimum Gasteiger partial charge on any atom is -0.497 e. The first-order valence-corrected chi connectivity index (χ1v) is 11.5. The predicted octanol–water partition coefficient (Wildman–Crippen LogP) is 4.95. The molecule has 1 aliphatic rings. The number of methoxy groups -OCH3 is 1. The minimum atomic E-state index is -0.0661. The number of ether oxygens (including phenoxy) is 1. The van der Waals surface area contributed by atoms with Gasteiger partial charge in [-0.3, -0.25) is 9.59 Å². The van der Waals surface area contributed by atoms with Gasteiger partial charge in [-0.2, -0.15) is 0 Å². The van der Waals surface area contributed by atoms with Crippen molar-refractivity contribution in [3.05, 3.63) is 89.5 Å². The Kier molecular flexibility index (Phi) is 7.16. The van der Waals surface area contributed by atoms with Crippen molar-refractivity contribution in [2.75, 3.05) is 31.4 Å². The zero-order valence-corrected chi connectivity index (χ0v) is 20.0. The van der Waals surface area contributed by atoms with Crippen LogP contribution >= 0.6 is 0 Å². The summed E-state index contributed by atoms with van der Waals surface area (Å²) >= 11 is 0. The van der Waals surface area contributed by atoms with Crippen LogP contribution in [0.1, 0.15) is 34.3 Å². The summed E-state index contributed by atoms with van der Waals surface area (Å²) in [4.78, 5) is 29.8. The Balaban J connectivity index is 1.64. The van der Waals surface area contributed by atoms with E-state index in [9.17, 15) is 9.59 Å². The van der Waals surface area contributed by atoms with Gasteiger partial charge >= 0.3 is 0 Å². The quantitative estimate of drug-likeness (QED) is 0.494. The van der Waals surface area contributed by atoms with Crippen LogP contribution in [0.2, 0.25) is 0 Å². The van der Waals surface area contributed by atoms with Gasteiger partial charge < -0.3 is 19.9 Å². The predicted molar refractivity (Wildman–Crippen MR) is 135 cm³/mol. The molecular weight excluding hydrogens is 426 g/mol. The first-order chi connectivity index (χ1) is 16.4. The number of benzene rings is 3. The Labute approximate surface area is 201 Å². The summed E-state index contributed by atoms with van der Waals surface area (Å²) in [5.74, 6) is 0.839. The SMILES string of the molecule is COc1ccc(C(=O)N(Cc2ccccc2)Cc2cc(NC(=O)C3CC3)ccc2N(C)C)cc1. The summed E-state index contributed by atoms with van der Waals surface area (Å²) in [5.41, 5.74) is 4.38. The summed E-state index contributed by atoms with van der Waals surface area (Å²) in [6, 6.07) is 23.0. The smallest absolute Gasteiger partial charge is 0.254 e. The largest absolute Gasteiger partial charge is 0.497 e. The lowest BCUT2D eigenvalue weighted by Gasteiger charge is -2.27. The highest BCUT2D eigenvalue weighted by Crippen LogP contribution is 2.31. The fraction of sp³-hybridized carbons (Fsp3) is 0.286. The highest BCUT2D eigenvalue weighted by atomic mass is 16.5. The van der Waals surface area contributed by atoms with Crippen LogP contribution in [-0.2, 0) is 17.9 Å². The van der Waals surface area contributed by atoms with Gasteiger partial charge in [0, 0.05) is 50.0 Å². The Morgan fingerprint density at radius 2 is 1.65 bits per heavy atom. The Morgan fingerprint density at radius 3 is 2.26 bits per heavy atom. The Hall–Kier alpha value is -3.80. The van der Waals surface area contributed by atoms with Crippen LogP contribution in [0.25, 0.3) is 0 Å². The van der Waals surface area contributed by atoms with E-state index in [-0.39, 0.29) is 17.7 Å². The van der Waals surface area contributed by atoms with Crippen LogP contribution in [0.4, 0.5) is 11.4 Å². The molecule has 176 valence electrons. The average Bonchev–Trinajstić information content (AvgIpc) is 3.70. The fourth-order valence-corrected chi connectivity index (χ4v) is 3.94. The molecule has 3 aromatic carbocycles. The normalized spacial score (nSPS) is 12.7. The molecule has 2 amide bonds. The molecule has 0 atom stereocenters. The van der Waals surface area contributed by atoms with E-state index >= 15 is 0 Å². The van der Waals surface area contributed by atoms with E-state index in [2.05, 4.69) is 5.32 Å². The number of carbonyl (C=O) groups excluding carboxylic acids is 2. The summed E-state index contributed by atoms with van der Waals surface area (Å²) in [5, 5.41) is 3.03. The van der Waals surface area contributed by atoms with Crippen molar-refractivity contribution in [3.63, 3.8) is 0 Å². The molecule has 34 heavy (non-hydrogen) atoms. The molecule has 1 N–H and O–H groups in total. The minimum absolute atomic E-state index is 0.0661. The van der Waals surface area contributed by atoms with Gasteiger partial charge in [0.05, 0.1) is 7.11 Å². The number of rotatable bonds is 9. The van der Waals surface area contributed by atoms with E-state index in [1.807, 2.05) is 72.4 Å². The molecule has 1 saturated carbocycles. The average molecular weight is 458 g/mol. The van der Waals surface area contributed by atoms with Crippen molar-refractivity contribution in [3.8, 4) is 5.75 Å². The first-order valence-electron chi connectivity index (χ1n) is 11.5. The third kappa shape index (κ3) is 5.76. The molecule has 0 spiro atoms. The highest BCUT2D eigenvalue weighted by Gasteiger charge is 2.29. The van der Waals surface area contributed by atoms with E-state index in [0.29, 0.717) is 24.4 Å². The van der Waals surface area contributed by atoms with Crippen molar-refractivity contribution in [1.82, 2.24) is 4.90 Å². The molecule has 1 fully saturated rings. The van der Waals surface area contributed by atoms with Gasteiger partial charge in [0.25, 0.3) is 5.91 Å². The number of nitrogens with one attached hydrogen (secondary N) is 1. The molecule has 3 aromatic rings. The van der Waals surface area contributed by atoms with Gasteiger partial charge in [0.1, 0.15) is 5.75 Å². The van der Waals surface area contributed by atoms with Gasteiger partial charge in [0.2, 0.25) is 5.91 Å². The zero-order valence-electron chi connectivity index (χ0n) is 20.0. The molecule has 0 bridgehead atoms. The van der Waals surface area contributed by atoms with E-state index in [1.165, 1.54) is 0 Å². The number of carbonyl (C=O) groups is 2. The van der Waals surface area contributed by atoms with E-state index < -0.39 is 0 Å². The molecular formula is C28H31N3O3. The van der Waals surface area contributed by atoms with Gasteiger partial charge in [-0.25, -0.2) is 0 Å². The second-order valence-corrected chi connectivity index (χ2v) is 8.88. The van der Waals surface area contributed by atoms with Crippen LogP contribution in [0.3, 0.4) is 0 Å². The number of hydrogen-bond donors (Lipinski definition) is 1. The Morgan fingerprint density at radius 1 is 0.941 bits per heavy atom. The maximum atomic E-state index is 13.6. The highest BCUT2D eigenvalue weighted by molar-refractivity contribution is 5.95. The maximum absolute atomic E-state index is 13.6. The van der Waals surface area contributed by atoms with E-state index in [4.69, 9.17) is 4.74 Å². The number of nitrogens with zero attached hydrogens (tertiary/aromatic N) is 2. The molecule has 0 aromatic heterocycles. The second kappa shape index (κ2) is 10.4.